The van der Waals surface area contributed by atoms with Crippen LogP contribution in [0.15, 0.2) is 80.9 Å². The van der Waals surface area contributed by atoms with E-state index in [9.17, 15) is 13.2 Å². The van der Waals surface area contributed by atoms with Crippen molar-refractivity contribution in [1.82, 2.24) is 3.97 Å². The molecule has 4 rings (SSSR count). The molecule has 4 aromatic rings. The fraction of sp³-hybridized carbons (Fsp3) is 0.125. The summed E-state index contributed by atoms with van der Waals surface area (Å²) in [5.41, 5.74) is 0.487. The molecule has 0 amide bonds. The first-order valence-corrected chi connectivity index (χ1v) is 12.0. The zero-order chi connectivity index (χ0) is 23.8. The number of nitrogens with zero attached hydrogens (tertiary/aromatic N) is 1. The van der Waals surface area contributed by atoms with Crippen molar-refractivity contribution in [3.05, 3.63) is 81.4 Å². The van der Waals surface area contributed by atoms with Gasteiger partial charge in [-0.2, -0.15) is 0 Å². The maximum absolute atomic E-state index is 14.0. The molecule has 0 atom stereocenters. The van der Waals surface area contributed by atoms with Gasteiger partial charge in [-0.1, -0.05) is 22.0 Å². The molecule has 0 spiro atoms. The lowest BCUT2D eigenvalue weighted by Crippen LogP contribution is -2.20. The molecule has 3 aromatic carbocycles. The van der Waals surface area contributed by atoms with E-state index >= 15 is 0 Å². The highest BCUT2D eigenvalue weighted by Gasteiger charge is 2.26. The first-order valence-electron chi connectivity index (χ1n) is 9.77. The largest absolute Gasteiger partial charge is 0.497 e. The Hall–Kier alpha value is -3.30. The Labute approximate surface area is 199 Å². The molecule has 0 aliphatic rings. The molecule has 0 bridgehead atoms. The van der Waals surface area contributed by atoms with Crippen molar-refractivity contribution in [1.29, 1.82) is 0 Å². The van der Waals surface area contributed by atoms with E-state index in [4.69, 9.17) is 14.2 Å². The van der Waals surface area contributed by atoms with E-state index in [0.717, 1.165) is 3.97 Å². The maximum Gasteiger partial charge on any atom is 0.268 e. The summed E-state index contributed by atoms with van der Waals surface area (Å²) in [4.78, 5) is 13.2. The molecule has 7 nitrogen and oxygen atoms in total. The summed E-state index contributed by atoms with van der Waals surface area (Å²) in [6.07, 6.45) is 0. The van der Waals surface area contributed by atoms with Crippen molar-refractivity contribution in [3.8, 4) is 28.5 Å². The van der Waals surface area contributed by atoms with Gasteiger partial charge in [-0.25, -0.2) is 12.4 Å². The zero-order valence-corrected chi connectivity index (χ0v) is 20.4. The average molecular weight is 530 g/mol. The summed E-state index contributed by atoms with van der Waals surface area (Å²) in [5, 5.41) is 0.133. The van der Waals surface area contributed by atoms with Crippen molar-refractivity contribution in [3.63, 3.8) is 0 Å². The summed E-state index contributed by atoms with van der Waals surface area (Å²) in [6.45, 7) is 0. The Kier molecular flexibility index (Phi) is 6.18. The molecule has 0 saturated heterocycles. The van der Waals surface area contributed by atoms with Gasteiger partial charge in [-0.15, -0.1) is 0 Å². The lowest BCUT2D eigenvalue weighted by molar-refractivity contribution is 0.397. The van der Waals surface area contributed by atoms with Gasteiger partial charge in [0.25, 0.3) is 10.0 Å². The SMILES string of the molecule is COc1ccc(-c2cc(=O)c3c(OC)cc(OC)cc3n2S(=O)(=O)c2cccc(Br)c2)cc1. The molecule has 0 aliphatic heterocycles. The third kappa shape index (κ3) is 4.09. The molecular formula is C24H20BrNO6S. The van der Waals surface area contributed by atoms with Crippen molar-refractivity contribution >= 4 is 36.9 Å². The quantitative estimate of drug-likeness (QED) is 0.360. The van der Waals surface area contributed by atoms with Crippen LogP contribution >= 0.6 is 15.9 Å². The molecule has 1 aromatic heterocycles. The van der Waals surface area contributed by atoms with Crippen LogP contribution in [0.4, 0.5) is 0 Å². The highest BCUT2D eigenvalue weighted by molar-refractivity contribution is 9.10. The number of methoxy groups -OCH3 is 3. The minimum absolute atomic E-state index is 0.0540. The van der Waals surface area contributed by atoms with Crippen LogP contribution < -0.4 is 19.6 Å². The van der Waals surface area contributed by atoms with Crippen LogP contribution in [0, 0.1) is 0 Å². The van der Waals surface area contributed by atoms with Gasteiger partial charge < -0.3 is 14.2 Å². The second kappa shape index (κ2) is 8.92. The Morgan fingerprint density at radius 1 is 0.818 bits per heavy atom. The van der Waals surface area contributed by atoms with Gasteiger partial charge in [0.05, 0.1) is 42.8 Å². The van der Waals surface area contributed by atoms with Gasteiger partial charge in [0.15, 0.2) is 5.43 Å². The van der Waals surface area contributed by atoms with Crippen LogP contribution in [0.5, 0.6) is 17.2 Å². The van der Waals surface area contributed by atoms with Crippen LogP contribution in [0.25, 0.3) is 22.2 Å². The Bertz CT molecular complexity index is 1510. The number of halogens is 1. The number of benzene rings is 3. The average Bonchev–Trinajstić information content (AvgIpc) is 2.82. The van der Waals surface area contributed by atoms with E-state index in [2.05, 4.69) is 15.9 Å². The number of ether oxygens (including phenoxy) is 3. The summed E-state index contributed by atoms with van der Waals surface area (Å²) in [5.74, 6) is 1.17. The van der Waals surface area contributed by atoms with Crippen LogP contribution in [0.2, 0.25) is 0 Å². The molecule has 0 N–H and O–H groups in total. The minimum Gasteiger partial charge on any atom is -0.497 e. The van der Waals surface area contributed by atoms with Crippen molar-refractivity contribution in [2.24, 2.45) is 0 Å². The second-order valence-electron chi connectivity index (χ2n) is 7.07. The molecule has 9 heteroatoms. The molecule has 170 valence electrons. The lowest BCUT2D eigenvalue weighted by Gasteiger charge is -2.19. The number of aromatic nitrogens is 1. The Morgan fingerprint density at radius 3 is 2.12 bits per heavy atom. The smallest absolute Gasteiger partial charge is 0.268 e. The van der Waals surface area contributed by atoms with Crippen LogP contribution in [-0.4, -0.2) is 33.7 Å². The van der Waals surface area contributed by atoms with Gasteiger partial charge in [-0.3, -0.25) is 4.79 Å². The van der Waals surface area contributed by atoms with E-state index in [1.54, 1.807) is 42.5 Å². The number of fused-ring (bicyclic) bond motifs is 1. The van der Waals surface area contributed by atoms with E-state index in [-0.39, 0.29) is 32.7 Å². The second-order valence-corrected chi connectivity index (χ2v) is 9.78. The van der Waals surface area contributed by atoms with Crippen molar-refractivity contribution < 1.29 is 22.6 Å². The summed E-state index contributed by atoms with van der Waals surface area (Å²) in [7, 11) is 0.267. The highest BCUT2D eigenvalue weighted by Crippen LogP contribution is 2.35. The molecule has 0 radical (unpaired) electrons. The number of hydrogen-bond donors (Lipinski definition) is 0. The predicted molar refractivity (Wildman–Crippen MR) is 130 cm³/mol. The van der Waals surface area contributed by atoms with E-state index in [1.165, 1.54) is 45.6 Å². The summed E-state index contributed by atoms with van der Waals surface area (Å²) < 4.78 is 45.7. The maximum atomic E-state index is 14.0. The van der Waals surface area contributed by atoms with Crippen molar-refractivity contribution in [2.75, 3.05) is 21.3 Å². The van der Waals surface area contributed by atoms with Gasteiger partial charge in [0.2, 0.25) is 0 Å². The molecule has 0 unspecified atom stereocenters. The predicted octanol–water partition coefficient (Wildman–Crippen LogP) is 4.69. The monoisotopic (exact) mass is 529 g/mol. The fourth-order valence-corrected chi connectivity index (χ4v) is 5.71. The standard InChI is InChI=1S/C24H20BrNO6S/c1-30-17-9-7-15(8-10-17)20-14-22(27)24-21(12-18(31-2)13-23(24)32-3)26(20)33(28,29)19-6-4-5-16(25)11-19/h4-14H,1-3H3. The third-order valence-electron chi connectivity index (χ3n) is 5.18. The van der Waals surface area contributed by atoms with Crippen LogP contribution in [0.1, 0.15) is 0 Å². The molecule has 0 saturated carbocycles. The Morgan fingerprint density at radius 2 is 1.52 bits per heavy atom. The lowest BCUT2D eigenvalue weighted by atomic mass is 10.1. The number of pyridine rings is 1. The first-order chi connectivity index (χ1) is 15.8. The highest BCUT2D eigenvalue weighted by atomic mass is 79.9. The van der Waals surface area contributed by atoms with Crippen molar-refractivity contribution in [2.45, 2.75) is 4.90 Å². The van der Waals surface area contributed by atoms with E-state index in [1.807, 2.05) is 0 Å². The molecule has 1 heterocycles. The van der Waals surface area contributed by atoms with Gasteiger partial charge in [-0.05, 0) is 48.0 Å². The molecule has 0 fully saturated rings. The third-order valence-corrected chi connectivity index (χ3v) is 7.40. The zero-order valence-electron chi connectivity index (χ0n) is 18.0. The number of rotatable bonds is 6. The van der Waals surface area contributed by atoms with Gasteiger partial charge >= 0.3 is 0 Å². The number of hydrogen-bond acceptors (Lipinski definition) is 6. The van der Waals surface area contributed by atoms with Gasteiger partial charge in [0.1, 0.15) is 17.2 Å². The van der Waals surface area contributed by atoms with Crippen LogP contribution in [-0.2, 0) is 10.0 Å². The Balaban J connectivity index is 2.18. The molecule has 33 heavy (non-hydrogen) atoms. The van der Waals surface area contributed by atoms with E-state index < -0.39 is 10.0 Å². The van der Waals surface area contributed by atoms with E-state index in [0.29, 0.717) is 21.5 Å². The summed E-state index contributed by atoms with van der Waals surface area (Å²) in [6, 6.07) is 17.5. The molecular weight excluding hydrogens is 510 g/mol. The van der Waals surface area contributed by atoms with Crippen LogP contribution in [0.3, 0.4) is 0 Å². The van der Waals surface area contributed by atoms with Gasteiger partial charge in [0, 0.05) is 22.7 Å². The molecule has 0 aliphatic carbocycles. The normalized spacial score (nSPS) is 11.4. The fourth-order valence-electron chi connectivity index (χ4n) is 3.60. The summed E-state index contributed by atoms with van der Waals surface area (Å²) >= 11 is 3.34. The first kappa shape index (κ1) is 22.9. The minimum atomic E-state index is -4.14. The topological polar surface area (TPSA) is 83.8 Å².